The third kappa shape index (κ3) is 2.19. The van der Waals surface area contributed by atoms with E-state index in [-0.39, 0.29) is 0 Å². The number of methoxy groups -OCH3 is 2. The van der Waals surface area contributed by atoms with Crippen LogP contribution in [0.4, 0.5) is 0 Å². The lowest BCUT2D eigenvalue weighted by Crippen LogP contribution is -2.37. The third-order valence-electron chi connectivity index (χ3n) is 2.70. The van der Waals surface area contributed by atoms with E-state index < -0.39 is 0 Å². The molecule has 0 unspecified atom stereocenters. The molecule has 0 aromatic rings. The van der Waals surface area contributed by atoms with Crippen molar-refractivity contribution in [2.75, 3.05) is 34.5 Å². The van der Waals surface area contributed by atoms with E-state index in [1.54, 1.807) is 14.2 Å². The summed E-state index contributed by atoms with van der Waals surface area (Å²) in [5.41, 5.74) is 0. The van der Waals surface area contributed by atoms with Gasteiger partial charge < -0.3 is 9.47 Å². The molecular formula is C9H19NO2. The first-order valence-electron chi connectivity index (χ1n) is 4.49. The summed E-state index contributed by atoms with van der Waals surface area (Å²) in [6.45, 7) is 1.69. The number of likely N-dealkylation sites (N-methyl/N-ethyl adjacent to an activating group) is 1. The van der Waals surface area contributed by atoms with Crippen LogP contribution in [0, 0.1) is 0 Å². The topological polar surface area (TPSA) is 21.7 Å². The quantitative estimate of drug-likeness (QED) is 0.626. The van der Waals surface area contributed by atoms with Crippen molar-refractivity contribution in [1.82, 2.24) is 4.90 Å². The molecular weight excluding hydrogens is 154 g/mol. The van der Waals surface area contributed by atoms with Crippen LogP contribution in [0.2, 0.25) is 0 Å². The largest absolute Gasteiger partial charge is 0.383 e. The summed E-state index contributed by atoms with van der Waals surface area (Å²) in [5, 5.41) is 0. The zero-order valence-corrected chi connectivity index (χ0v) is 8.25. The van der Waals surface area contributed by atoms with Crippen LogP contribution in [0.1, 0.15) is 12.8 Å². The van der Waals surface area contributed by atoms with Crippen LogP contribution in [0.3, 0.4) is 0 Å². The Morgan fingerprint density at radius 3 is 1.83 bits per heavy atom. The summed E-state index contributed by atoms with van der Waals surface area (Å²) in [6, 6.07) is 1.19. The van der Waals surface area contributed by atoms with Gasteiger partial charge in [0.2, 0.25) is 0 Å². The van der Waals surface area contributed by atoms with E-state index in [0.717, 1.165) is 13.2 Å². The first kappa shape index (κ1) is 9.96. The molecule has 0 aromatic carbocycles. The average molecular weight is 173 g/mol. The van der Waals surface area contributed by atoms with Crippen molar-refractivity contribution < 1.29 is 9.47 Å². The normalized spacial score (nSPS) is 31.2. The summed E-state index contributed by atoms with van der Waals surface area (Å²) < 4.78 is 10.3. The molecule has 0 bridgehead atoms. The lowest BCUT2D eigenvalue weighted by molar-refractivity contribution is 0.0801. The summed E-state index contributed by atoms with van der Waals surface area (Å²) in [4.78, 5) is 2.37. The highest BCUT2D eigenvalue weighted by Crippen LogP contribution is 2.22. The lowest BCUT2D eigenvalue weighted by Gasteiger charge is -2.24. The molecule has 0 radical (unpaired) electrons. The Hall–Kier alpha value is -0.120. The molecule has 0 amide bonds. The smallest absolute Gasteiger partial charge is 0.0618 e. The van der Waals surface area contributed by atoms with Gasteiger partial charge in [-0.1, -0.05) is 0 Å². The van der Waals surface area contributed by atoms with E-state index in [4.69, 9.17) is 9.47 Å². The Balaban J connectivity index is 2.32. The van der Waals surface area contributed by atoms with E-state index in [9.17, 15) is 0 Å². The maximum absolute atomic E-state index is 5.14. The second kappa shape index (κ2) is 4.80. The second-order valence-corrected chi connectivity index (χ2v) is 3.46. The molecule has 1 aliphatic rings. The number of likely N-dealkylation sites (tertiary alicyclic amines) is 1. The van der Waals surface area contributed by atoms with Gasteiger partial charge in [-0.05, 0) is 19.9 Å². The Kier molecular flexibility index (Phi) is 3.98. The monoisotopic (exact) mass is 173 g/mol. The van der Waals surface area contributed by atoms with Gasteiger partial charge in [0.25, 0.3) is 0 Å². The number of nitrogens with zero attached hydrogens (tertiary/aromatic N) is 1. The van der Waals surface area contributed by atoms with Gasteiger partial charge >= 0.3 is 0 Å². The molecule has 2 atom stereocenters. The minimum absolute atomic E-state index is 0.593. The molecule has 0 spiro atoms. The molecule has 0 N–H and O–H groups in total. The van der Waals surface area contributed by atoms with Crippen molar-refractivity contribution in [2.45, 2.75) is 24.9 Å². The standard InChI is InChI=1S/C9H19NO2/c1-10-8(6-11-2)4-5-9(10)7-12-3/h8-9H,4-7H2,1-3H3/t8-,9-/m1/s1. The van der Waals surface area contributed by atoms with E-state index in [2.05, 4.69) is 11.9 Å². The number of hydrogen-bond acceptors (Lipinski definition) is 3. The molecule has 1 rings (SSSR count). The van der Waals surface area contributed by atoms with Crippen LogP contribution in [-0.2, 0) is 9.47 Å². The van der Waals surface area contributed by atoms with Crippen LogP contribution in [0.5, 0.6) is 0 Å². The van der Waals surface area contributed by atoms with Gasteiger partial charge in [0.05, 0.1) is 13.2 Å². The molecule has 0 aromatic heterocycles. The molecule has 0 aliphatic carbocycles. The maximum Gasteiger partial charge on any atom is 0.0618 e. The highest BCUT2D eigenvalue weighted by Gasteiger charge is 2.29. The van der Waals surface area contributed by atoms with Crippen molar-refractivity contribution in [3.63, 3.8) is 0 Å². The van der Waals surface area contributed by atoms with Gasteiger partial charge in [0.15, 0.2) is 0 Å². The fourth-order valence-electron chi connectivity index (χ4n) is 1.88. The van der Waals surface area contributed by atoms with E-state index >= 15 is 0 Å². The first-order chi connectivity index (χ1) is 5.79. The van der Waals surface area contributed by atoms with Crippen molar-refractivity contribution in [1.29, 1.82) is 0 Å². The number of ether oxygens (including phenoxy) is 2. The molecule has 72 valence electrons. The Labute approximate surface area is 74.6 Å². The number of rotatable bonds is 4. The van der Waals surface area contributed by atoms with Crippen LogP contribution in [-0.4, -0.2) is 51.5 Å². The van der Waals surface area contributed by atoms with Crippen LogP contribution >= 0.6 is 0 Å². The Morgan fingerprint density at radius 1 is 1.08 bits per heavy atom. The van der Waals surface area contributed by atoms with Gasteiger partial charge in [-0.25, -0.2) is 0 Å². The lowest BCUT2D eigenvalue weighted by atomic mass is 10.2. The highest BCUT2D eigenvalue weighted by atomic mass is 16.5. The van der Waals surface area contributed by atoms with Gasteiger partial charge in [-0.15, -0.1) is 0 Å². The third-order valence-corrected chi connectivity index (χ3v) is 2.70. The van der Waals surface area contributed by atoms with Crippen LogP contribution in [0.15, 0.2) is 0 Å². The summed E-state index contributed by atoms with van der Waals surface area (Å²) >= 11 is 0. The summed E-state index contributed by atoms with van der Waals surface area (Å²) in [5.74, 6) is 0. The minimum Gasteiger partial charge on any atom is -0.383 e. The molecule has 3 nitrogen and oxygen atoms in total. The predicted octanol–water partition coefficient (Wildman–Crippen LogP) is 0.742. The van der Waals surface area contributed by atoms with Gasteiger partial charge in [0.1, 0.15) is 0 Å². The number of hydrogen-bond donors (Lipinski definition) is 0. The van der Waals surface area contributed by atoms with Crippen molar-refractivity contribution in [3.05, 3.63) is 0 Å². The average Bonchev–Trinajstić information content (AvgIpc) is 2.38. The highest BCUT2D eigenvalue weighted by molar-refractivity contribution is 4.84. The van der Waals surface area contributed by atoms with Crippen LogP contribution in [0.25, 0.3) is 0 Å². The Morgan fingerprint density at radius 2 is 1.50 bits per heavy atom. The van der Waals surface area contributed by atoms with Crippen molar-refractivity contribution in [3.8, 4) is 0 Å². The van der Waals surface area contributed by atoms with Crippen molar-refractivity contribution in [2.24, 2.45) is 0 Å². The van der Waals surface area contributed by atoms with Crippen molar-refractivity contribution >= 4 is 0 Å². The Bertz CT molecular complexity index is 116. The van der Waals surface area contributed by atoms with Gasteiger partial charge in [-0.2, -0.15) is 0 Å². The van der Waals surface area contributed by atoms with Crippen LogP contribution < -0.4 is 0 Å². The summed E-state index contributed by atoms with van der Waals surface area (Å²) in [6.07, 6.45) is 2.47. The zero-order chi connectivity index (χ0) is 8.97. The summed E-state index contributed by atoms with van der Waals surface area (Å²) in [7, 11) is 5.68. The van der Waals surface area contributed by atoms with Gasteiger partial charge in [0, 0.05) is 26.3 Å². The molecule has 0 saturated carbocycles. The van der Waals surface area contributed by atoms with E-state index in [0.29, 0.717) is 12.1 Å². The second-order valence-electron chi connectivity index (χ2n) is 3.46. The predicted molar refractivity (Wildman–Crippen MR) is 48.3 cm³/mol. The zero-order valence-electron chi connectivity index (χ0n) is 8.25. The molecule has 1 heterocycles. The fourth-order valence-corrected chi connectivity index (χ4v) is 1.88. The molecule has 3 heteroatoms. The first-order valence-corrected chi connectivity index (χ1v) is 4.49. The van der Waals surface area contributed by atoms with E-state index in [1.165, 1.54) is 12.8 Å². The molecule has 1 fully saturated rings. The SMILES string of the molecule is COC[C@H]1CC[C@H](COC)N1C. The molecule has 12 heavy (non-hydrogen) atoms. The molecule has 1 aliphatic heterocycles. The van der Waals surface area contributed by atoms with Gasteiger partial charge in [-0.3, -0.25) is 4.90 Å². The minimum atomic E-state index is 0.593. The maximum atomic E-state index is 5.14. The fraction of sp³-hybridized carbons (Fsp3) is 1.00. The molecule has 1 saturated heterocycles. The van der Waals surface area contributed by atoms with E-state index in [1.807, 2.05) is 0 Å².